The Morgan fingerprint density at radius 1 is 1.30 bits per heavy atom. The molecule has 1 aliphatic rings. The summed E-state index contributed by atoms with van der Waals surface area (Å²) in [5.41, 5.74) is 2.50. The maximum Gasteiger partial charge on any atom is 0.308 e. The van der Waals surface area contributed by atoms with Gasteiger partial charge in [0, 0.05) is 31.9 Å². The van der Waals surface area contributed by atoms with Crippen molar-refractivity contribution in [2.45, 2.75) is 13.0 Å². The number of hydrogen-bond donors (Lipinski definition) is 1. The van der Waals surface area contributed by atoms with E-state index < -0.39 is 11.9 Å². The van der Waals surface area contributed by atoms with E-state index in [0.717, 1.165) is 16.6 Å². The molecule has 1 aromatic heterocycles. The van der Waals surface area contributed by atoms with Crippen LogP contribution in [0.5, 0.6) is 0 Å². The molecule has 0 aliphatic carbocycles. The van der Waals surface area contributed by atoms with Crippen molar-refractivity contribution in [3.63, 3.8) is 0 Å². The SMILES string of the molecule is O=C(O)C1CC(=O)N(Cc2ccc3nccnc3c2)C1. The van der Waals surface area contributed by atoms with Crippen molar-refractivity contribution < 1.29 is 14.7 Å². The third-order valence-corrected chi connectivity index (χ3v) is 3.47. The summed E-state index contributed by atoms with van der Waals surface area (Å²) in [6, 6.07) is 5.62. The van der Waals surface area contributed by atoms with Crippen molar-refractivity contribution in [1.29, 1.82) is 0 Å². The highest BCUT2D eigenvalue weighted by molar-refractivity contribution is 5.86. The second kappa shape index (κ2) is 4.88. The minimum Gasteiger partial charge on any atom is -0.481 e. The summed E-state index contributed by atoms with van der Waals surface area (Å²) >= 11 is 0. The Labute approximate surface area is 115 Å². The molecule has 0 radical (unpaired) electrons. The van der Waals surface area contributed by atoms with Crippen molar-refractivity contribution in [2.24, 2.45) is 5.92 Å². The number of benzene rings is 1. The van der Waals surface area contributed by atoms with Crippen molar-refractivity contribution in [3.05, 3.63) is 36.2 Å². The number of carbonyl (C=O) groups excluding carboxylic acids is 1. The molecule has 1 unspecified atom stereocenters. The zero-order chi connectivity index (χ0) is 14.1. The van der Waals surface area contributed by atoms with E-state index in [2.05, 4.69) is 9.97 Å². The van der Waals surface area contributed by atoms with Crippen LogP contribution in [0, 0.1) is 5.92 Å². The van der Waals surface area contributed by atoms with E-state index in [1.807, 2.05) is 18.2 Å². The van der Waals surface area contributed by atoms with E-state index in [1.165, 1.54) is 0 Å². The number of fused-ring (bicyclic) bond motifs is 1. The molecule has 6 heteroatoms. The van der Waals surface area contributed by atoms with E-state index in [9.17, 15) is 9.59 Å². The molecule has 1 aliphatic heterocycles. The first kappa shape index (κ1) is 12.5. The molecular formula is C14H13N3O3. The zero-order valence-corrected chi connectivity index (χ0v) is 10.7. The number of likely N-dealkylation sites (tertiary alicyclic amines) is 1. The van der Waals surface area contributed by atoms with Crippen LogP contribution in [0.25, 0.3) is 11.0 Å². The van der Waals surface area contributed by atoms with Gasteiger partial charge in [0.2, 0.25) is 5.91 Å². The lowest BCUT2D eigenvalue weighted by Gasteiger charge is -2.16. The van der Waals surface area contributed by atoms with Gasteiger partial charge in [-0.05, 0) is 17.7 Å². The van der Waals surface area contributed by atoms with Gasteiger partial charge in [0.1, 0.15) is 0 Å². The Bertz CT molecular complexity index is 686. The molecule has 20 heavy (non-hydrogen) atoms. The van der Waals surface area contributed by atoms with Crippen molar-refractivity contribution in [1.82, 2.24) is 14.9 Å². The van der Waals surface area contributed by atoms with Crippen LogP contribution in [0.2, 0.25) is 0 Å². The summed E-state index contributed by atoms with van der Waals surface area (Å²) < 4.78 is 0. The van der Waals surface area contributed by atoms with Gasteiger partial charge < -0.3 is 10.0 Å². The average Bonchev–Trinajstić information content (AvgIpc) is 2.80. The second-order valence-corrected chi connectivity index (χ2v) is 4.89. The minimum atomic E-state index is -0.912. The number of aliphatic carboxylic acids is 1. The predicted octanol–water partition coefficient (Wildman–Crippen LogP) is 1.06. The first-order valence-corrected chi connectivity index (χ1v) is 6.34. The number of rotatable bonds is 3. The number of nitrogens with zero attached hydrogens (tertiary/aromatic N) is 3. The summed E-state index contributed by atoms with van der Waals surface area (Å²) in [5, 5.41) is 8.96. The molecular weight excluding hydrogens is 258 g/mol. The predicted molar refractivity (Wildman–Crippen MR) is 70.7 cm³/mol. The first-order chi connectivity index (χ1) is 9.63. The highest BCUT2D eigenvalue weighted by atomic mass is 16.4. The lowest BCUT2D eigenvalue weighted by Crippen LogP contribution is -2.25. The molecule has 0 bridgehead atoms. The lowest BCUT2D eigenvalue weighted by atomic mass is 10.1. The molecule has 0 spiro atoms. The normalized spacial score (nSPS) is 18.7. The fourth-order valence-electron chi connectivity index (χ4n) is 2.42. The Morgan fingerprint density at radius 2 is 2.05 bits per heavy atom. The fraction of sp³-hybridized carbons (Fsp3) is 0.286. The monoisotopic (exact) mass is 271 g/mol. The molecule has 102 valence electrons. The second-order valence-electron chi connectivity index (χ2n) is 4.89. The molecule has 1 fully saturated rings. The van der Waals surface area contributed by atoms with Gasteiger partial charge in [0.25, 0.3) is 0 Å². The third kappa shape index (κ3) is 2.32. The van der Waals surface area contributed by atoms with Gasteiger partial charge in [-0.2, -0.15) is 0 Å². The lowest BCUT2D eigenvalue weighted by molar-refractivity contribution is -0.141. The summed E-state index contributed by atoms with van der Waals surface area (Å²) in [7, 11) is 0. The molecule has 1 aromatic carbocycles. The maximum absolute atomic E-state index is 11.8. The maximum atomic E-state index is 11.8. The zero-order valence-electron chi connectivity index (χ0n) is 10.7. The van der Waals surface area contributed by atoms with E-state index in [0.29, 0.717) is 6.54 Å². The van der Waals surface area contributed by atoms with E-state index >= 15 is 0 Å². The van der Waals surface area contributed by atoms with Crippen LogP contribution >= 0.6 is 0 Å². The summed E-state index contributed by atoms with van der Waals surface area (Å²) in [5.74, 6) is -1.62. The van der Waals surface area contributed by atoms with Gasteiger partial charge in [-0.15, -0.1) is 0 Å². The van der Waals surface area contributed by atoms with Gasteiger partial charge >= 0.3 is 5.97 Å². The van der Waals surface area contributed by atoms with Crippen LogP contribution in [-0.4, -0.2) is 38.4 Å². The molecule has 6 nitrogen and oxygen atoms in total. The average molecular weight is 271 g/mol. The smallest absolute Gasteiger partial charge is 0.308 e. The quantitative estimate of drug-likeness (QED) is 0.902. The number of carboxylic acid groups (broad SMARTS) is 1. The number of carbonyl (C=O) groups is 2. The van der Waals surface area contributed by atoms with Gasteiger partial charge in [0.05, 0.1) is 17.0 Å². The van der Waals surface area contributed by atoms with Crippen LogP contribution in [0.4, 0.5) is 0 Å². The third-order valence-electron chi connectivity index (χ3n) is 3.47. The van der Waals surface area contributed by atoms with Gasteiger partial charge in [-0.1, -0.05) is 6.07 Å². The standard InChI is InChI=1S/C14H13N3O3/c18-13-6-10(14(19)20)8-17(13)7-9-1-2-11-12(5-9)16-4-3-15-11/h1-5,10H,6-8H2,(H,19,20). The Hall–Kier alpha value is -2.50. The van der Waals surface area contributed by atoms with E-state index in [4.69, 9.17) is 5.11 Å². The number of hydrogen-bond acceptors (Lipinski definition) is 4. The van der Waals surface area contributed by atoms with E-state index in [1.54, 1.807) is 17.3 Å². The Morgan fingerprint density at radius 3 is 2.75 bits per heavy atom. The van der Waals surface area contributed by atoms with Crippen LogP contribution < -0.4 is 0 Å². The topological polar surface area (TPSA) is 83.4 Å². The molecule has 0 saturated carbocycles. The number of aromatic nitrogens is 2. The summed E-state index contributed by atoms with van der Waals surface area (Å²) in [6.07, 6.45) is 3.33. The summed E-state index contributed by atoms with van der Waals surface area (Å²) in [4.78, 5) is 32.7. The molecule has 2 aromatic rings. The van der Waals surface area contributed by atoms with Gasteiger partial charge in [-0.3, -0.25) is 19.6 Å². The Balaban J connectivity index is 1.79. The summed E-state index contributed by atoms with van der Waals surface area (Å²) in [6.45, 7) is 0.682. The molecule has 1 N–H and O–H groups in total. The van der Waals surface area contributed by atoms with E-state index in [-0.39, 0.29) is 18.9 Å². The Kier molecular flexibility index (Phi) is 3.06. The van der Waals surface area contributed by atoms with Crippen LogP contribution in [0.1, 0.15) is 12.0 Å². The number of carboxylic acids is 1. The highest BCUT2D eigenvalue weighted by Gasteiger charge is 2.34. The van der Waals surface area contributed by atoms with Crippen molar-refractivity contribution >= 4 is 22.9 Å². The first-order valence-electron chi connectivity index (χ1n) is 6.34. The van der Waals surface area contributed by atoms with Crippen LogP contribution in [0.3, 0.4) is 0 Å². The minimum absolute atomic E-state index is 0.0860. The highest BCUT2D eigenvalue weighted by Crippen LogP contribution is 2.21. The largest absolute Gasteiger partial charge is 0.481 e. The number of amides is 1. The van der Waals surface area contributed by atoms with Crippen LogP contribution in [0.15, 0.2) is 30.6 Å². The van der Waals surface area contributed by atoms with Gasteiger partial charge in [0.15, 0.2) is 0 Å². The van der Waals surface area contributed by atoms with Crippen LogP contribution in [-0.2, 0) is 16.1 Å². The molecule has 3 rings (SSSR count). The van der Waals surface area contributed by atoms with Crippen molar-refractivity contribution in [2.75, 3.05) is 6.54 Å². The molecule has 1 amide bonds. The van der Waals surface area contributed by atoms with Crippen molar-refractivity contribution in [3.8, 4) is 0 Å². The molecule has 2 heterocycles. The van der Waals surface area contributed by atoms with Gasteiger partial charge in [-0.25, -0.2) is 0 Å². The molecule has 1 saturated heterocycles. The fourth-order valence-corrected chi connectivity index (χ4v) is 2.42. The molecule has 1 atom stereocenters.